The predicted octanol–water partition coefficient (Wildman–Crippen LogP) is 2.45. The van der Waals surface area contributed by atoms with Crippen LogP contribution in [0.3, 0.4) is 0 Å². The fraction of sp³-hybridized carbons (Fsp3) is 0.471. The summed E-state index contributed by atoms with van der Waals surface area (Å²) >= 11 is 6.19. The number of rotatable bonds is 2. The molecule has 0 spiro atoms. The number of piperidine rings is 1. The Bertz CT molecular complexity index is 723. The van der Waals surface area contributed by atoms with E-state index in [-0.39, 0.29) is 5.43 Å². The number of fused-ring (bicyclic) bond motifs is 1. The Balaban J connectivity index is 2.04. The average molecular weight is 306 g/mol. The van der Waals surface area contributed by atoms with Crippen LogP contribution >= 0.6 is 11.6 Å². The zero-order chi connectivity index (χ0) is 15.0. The first-order valence-corrected chi connectivity index (χ1v) is 8.10. The molecule has 1 saturated heterocycles. The summed E-state index contributed by atoms with van der Waals surface area (Å²) in [5, 5.41) is 1.31. The van der Waals surface area contributed by atoms with Crippen LogP contribution in [0.25, 0.3) is 10.9 Å². The van der Waals surface area contributed by atoms with Crippen molar-refractivity contribution in [2.45, 2.75) is 45.7 Å². The number of pyridine rings is 1. The van der Waals surface area contributed by atoms with Gasteiger partial charge in [0, 0.05) is 11.1 Å². The molecular weight excluding hydrogens is 284 g/mol. The Morgan fingerprint density at radius 1 is 1.38 bits per heavy atom. The van der Waals surface area contributed by atoms with E-state index in [0.29, 0.717) is 16.5 Å². The first-order chi connectivity index (χ1) is 10.1. The molecule has 2 aromatic rings. The number of aromatic amines is 1. The Hall–Kier alpha value is -1.32. The SMILES string of the molecule is Cc1[nH]c2c(Cl)cccc2c(=O)c1C[NH+]1CCCC[C@H]1C. The van der Waals surface area contributed by atoms with E-state index in [9.17, 15) is 4.79 Å². The van der Waals surface area contributed by atoms with E-state index in [2.05, 4.69) is 11.9 Å². The van der Waals surface area contributed by atoms with E-state index in [1.54, 1.807) is 0 Å². The number of hydrogen-bond acceptors (Lipinski definition) is 1. The van der Waals surface area contributed by atoms with E-state index in [1.165, 1.54) is 24.2 Å². The lowest BCUT2D eigenvalue weighted by Crippen LogP contribution is -3.15. The maximum absolute atomic E-state index is 12.8. The summed E-state index contributed by atoms with van der Waals surface area (Å²) in [6, 6.07) is 6.15. The van der Waals surface area contributed by atoms with Gasteiger partial charge in [0.25, 0.3) is 0 Å². The Labute approximate surface area is 129 Å². The van der Waals surface area contributed by atoms with Gasteiger partial charge >= 0.3 is 0 Å². The van der Waals surface area contributed by atoms with Gasteiger partial charge in [0.05, 0.1) is 28.7 Å². The molecule has 0 radical (unpaired) electrons. The number of aryl methyl sites for hydroxylation is 1. The van der Waals surface area contributed by atoms with Gasteiger partial charge in [-0.25, -0.2) is 0 Å². The molecule has 1 aromatic heterocycles. The van der Waals surface area contributed by atoms with Crippen LogP contribution in [0, 0.1) is 6.92 Å². The molecule has 0 aliphatic carbocycles. The monoisotopic (exact) mass is 305 g/mol. The number of likely N-dealkylation sites (tertiary alicyclic amines) is 1. The largest absolute Gasteiger partial charge is 0.357 e. The summed E-state index contributed by atoms with van der Waals surface area (Å²) in [7, 11) is 0. The predicted molar refractivity (Wildman–Crippen MR) is 87.2 cm³/mol. The topological polar surface area (TPSA) is 37.3 Å². The lowest BCUT2D eigenvalue weighted by molar-refractivity contribution is -0.942. The summed E-state index contributed by atoms with van der Waals surface area (Å²) in [4.78, 5) is 17.6. The van der Waals surface area contributed by atoms with Gasteiger partial charge in [0.1, 0.15) is 6.54 Å². The van der Waals surface area contributed by atoms with Crippen molar-refractivity contribution in [3.63, 3.8) is 0 Å². The van der Waals surface area contributed by atoms with Crippen molar-refractivity contribution in [1.29, 1.82) is 0 Å². The zero-order valence-corrected chi connectivity index (χ0v) is 13.4. The second kappa shape index (κ2) is 5.82. The number of nitrogens with one attached hydrogen (secondary N) is 2. The Kier molecular flexibility index (Phi) is 4.05. The third-order valence-electron chi connectivity index (χ3n) is 4.78. The second-order valence-corrected chi connectivity index (χ2v) is 6.61. The quantitative estimate of drug-likeness (QED) is 0.878. The van der Waals surface area contributed by atoms with Crippen molar-refractivity contribution in [2.24, 2.45) is 0 Å². The van der Waals surface area contributed by atoms with E-state index < -0.39 is 0 Å². The molecule has 1 unspecified atom stereocenters. The molecular formula is C17H22ClN2O+. The van der Waals surface area contributed by atoms with Crippen LogP contribution in [0.2, 0.25) is 5.02 Å². The van der Waals surface area contributed by atoms with Gasteiger partial charge in [0.2, 0.25) is 0 Å². The molecule has 2 heterocycles. The van der Waals surface area contributed by atoms with E-state index in [4.69, 9.17) is 11.6 Å². The number of hydrogen-bond donors (Lipinski definition) is 2. The van der Waals surface area contributed by atoms with Gasteiger partial charge in [-0.15, -0.1) is 0 Å². The van der Waals surface area contributed by atoms with Gasteiger partial charge in [-0.2, -0.15) is 0 Å². The molecule has 21 heavy (non-hydrogen) atoms. The molecule has 4 heteroatoms. The molecule has 1 aromatic carbocycles. The minimum absolute atomic E-state index is 0.133. The summed E-state index contributed by atoms with van der Waals surface area (Å²) < 4.78 is 0. The molecule has 2 atom stereocenters. The maximum Gasteiger partial charge on any atom is 0.198 e. The highest BCUT2D eigenvalue weighted by Gasteiger charge is 2.24. The van der Waals surface area contributed by atoms with Gasteiger partial charge in [-0.1, -0.05) is 17.7 Å². The number of para-hydroxylation sites is 1. The van der Waals surface area contributed by atoms with Crippen molar-refractivity contribution in [1.82, 2.24) is 4.98 Å². The van der Waals surface area contributed by atoms with Crippen LogP contribution in [-0.2, 0) is 6.54 Å². The second-order valence-electron chi connectivity index (χ2n) is 6.20. The van der Waals surface area contributed by atoms with Crippen LogP contribution in [0.1, 0.15) is 37.4 Å². The first-order valence-electron chi connectivity index (χ1n) is 7.72. The van der Waals surface area contributed by atoms with Crippen LogP contribution in [0.4, 0.5) is 0 Å². The lowest BCUT2D eigenvalue weighted by atomic mass is 10.0. The van der Waals surface area contributed by atoms with Crippen molar-refractivity contribution >= 4 is 22.5 Å². The van der Waals surface area contributed by atoms with Crippen LogP contribution in [0.5, 0.6) is 0 Å². The zero-order valence-electron chi connectivity index (χ0n) is 12.6. The van der Waals surface area contributed by atoms with E-state index >= 15 is 0 Å². The van der Waals surface area contributed by atoms with Gasteiger partial charge < -0.3 is 9.88 Å². The summed E-state index contributed by atoms with van der Waals surface area (Å²) in [5.41, 5.74) is 2.75. The summed E-state index contributed by atoms with van der Waals surface area (Å²) in [5.74, 6) is 0. The highest BCUT2D eigenvalue weighted by Crippen LogP contribution is 2.20. The lowest BCUT2D eigenvalue weighted by Gasteiger charge is -2.30. The molecule has 0 bridgehead atoms. The van der Waals surface area contributed by atoms with Crippen LogP contribution < -0.4 is 10.3 Å². The normalized spacial score (nSPS) is 22.6. The van der Waals surface area contributed by atoms with Gasteiger partial charge in [-0.3, -0.25) is 4.79 Å². The fourth-order valence-corrected chi connectivity index (χ4v) is 3.61. The standard InChI is InChI=1S/C17H21ClN2O/c1-11-6-3-4-9-20(11)10-14-12(2)19-16-13(17(14)21)7-5-8-15(16)18/h5,7-8,11H,3-4,6,9-10H2,1-2H3,(H,19,21)/p+1/t11-/m1/s1. The Morgan fingerprint density at radius 3 is 2.95 bits per heavy atom. The smallest absolute Gasteiger partial charge is 0.198 e. The van der Waals surface area contributed by atoms with Crippen LogP contribution in [-0.4, -0.2) is 17.6 Å². The molecule has 3 nitrogen and oxygen atoms in total. The summed E-state index contributed by atoms with van der Waals surface area (Å²) in [6.45, 7) is 6.24. The third kappa shape index (κ3) is 2.72. The van der Waals surface area contributed by atoms with Gasteiger partial charge in [0.15, 0.2) is 5.43 Å². The van der Waals surface area contributed by atoms with E-state index in [0.717, 1.165) is 29.9 Å². The third-order valence-corrected chi connectivity index (χ3v) is 5.10. The fourth-order valence-electron chi connectivity index (χ4n) is 3.39. The van der Waals surface area contributed by atoms with Crippen molar-refractivity contribution in [3.8, 4) is 0 Å². The molecule has 0 amide bonds. The minimum atomic E-state index is 0.133. The first kappa shape index (κ1) is 14.6. The number of halogens is 1. The van der Waals surface area contributed by atoms with Crippen molar-refractivity contribution in [2.75, 3.05) is 6.54 Å². The summed E-state index contributed by atoms with van der Waals surface area (Å²) in [6.07, 6.45) is 3.83. The maximum atomic E-state index is 12.8. The Morgan fingerprint density at radius 2 is 2.19 bits per heavy atom. The molecule has 3 rings (SSSR count). The van der Waals surface area contributed by atoms with Crippen molar-refractivity contribution in [3.05, 3.63) is 44.7 Å². The number of H-pyrrole nitrogens is 1. The number of aromatic nitrogens is 1. The molecule has 112 valence electrons. The minimum Gasteiger partial charge on any atom is -0.357 e. The van der Waals surface area contributed by atoms with Crippen molar-refractivity contribution < 1.29 is 4.90 Å². The highest BCUT2D eigenvalue weighted by molar-refractivity contribution is 6.35. The molecule has 1 aliphatic heterocycles. The van der Waals surface area contributed by atoms with Crippen LogP contribution in [0.15, 0.2) is 23.0 Å². The number of quaternary nitrogens is 1. The van der Waals surface area contributed by atoms with Gasteiger partial charge in [-0.05, 0) is 45.2 Å². The average Bonchev–Trinajstić information content (AvgIpc) is 2.46. The molecule has 0 saturated carbocycles. The molecule has 1 fully saturated rings. The molecule has 1 aliphatic rings. The highest BCUT2D eigenvalue weighted by atomic mass is 35.5. The number of benzene rings is 1. The van der Waals surface area contributed by atoms with E-state index in [1.807, 2.05) is 25.1 Å². The molecule has 2 N–H and O–H groups in total.